The molecule has 1 N–H and O–H groups in total. The van der Waals surface area contributed by atoms with E-state index in [0.29, 0.717) is 17.0 Å². The summed E-state index contributed by atoms with van der Waals surface area (Å²) >= 11 is 0. The van der Waals surface area contributed by atoms with Crippen molar-refractivity contribution in [2.45, 2.75) is 37.2 Å². The van der Waals surface area contributed by atoms with Crippen LogP contribution in [0.5, 0.6) is 5.75 Å². The average Bonchev–Trinajstić information content (AvgIpc) is 2.70. The van der Waals surface area contributed by atoms with Crippen LogP contribution in [0.2, 0.25) is 0 Å². The molecular formula is C21H28N2O6S2. The van der Waals surface area contributed by atoms with Gasteiger partial charge in [0, 0.05) is 6.26 Å². The van der Waals surface area contributed by atoms with Gasteiger partial charge in [-0.05, 0) is 55.3 Å². The summed E-state index contributed by atoms with van der Waals surface area (Å²) < 4.78 is 54.5. The summed E-state index contributed by atoms with van der Waals surface area (Å²) in [7, 11) is -5.56. The van der Waals surface area contributed by atoms with Crippen molar-refractivity contribution >= 4 is 31.5 Å². The number of carbonyl (C=O) groups excluding carboxylic acids is 1. The van der Waals surface area contributed by atoms with E-state index in [1.54, 1.807) is 50.2 Å². The van der Waals surface area contributed by atoms with Crippen LogP contribution in [0.1, 0.15) is 31.9 Å². The Balaban J connectivity index is 2.28. The highest BCUT2D eigenvalue weighted by Gasteiger charge is 2.32. The number of nitrogens with zero attached hydrogens (tertiary/aromatic N) is 1. The van der Waals surface area contributed by atoms with Crippen LogP contribution >= 0.6 is 0 Å². The molecule has 0 saturated heterocycles. The molecule has 0 fully saturated rings. The lowest BCUT2D eigenvalue weighted by Gasteiger charge is -2.31. The third kappa shape index (κ3) is 6.20. The van der Waals surface area contributed by atoms with Crippen molar-refractivity contribution in [2.24, 2.45) is 0 Å². The first-order valence-corrected chi connectivity index (χ1v) is 13.4. The predicted octanol–water partition coefficient (Wildman–Crippen LogP) is 2.52. The van der Waals surface area contributed by atoms with E-state index in [1.807, 2.05) is 0 Å². The molecule has 170 valence electrons. The minimum Gasteiger partial charge on any atom is -0.497 e. The molecule has 0 heterocycles. The Morgan fingerprint density at radius 2 is 1.55 bits per heavy atom. The van der Waals surface area contributed by atoms with Gasteiger partial charge in [0.15, 0.2) is 9.84 Å². The molecule has 0 radical (unpaired) electrons. The van der Waals surface area contributed by atoms with Gasteiger partial charge in [-0.25, -0.2) is 16.8 Å². The van der Waals surface area contributed by atoms with Gasteiger partial charge < -0.3 is 10.1 Å². The normalized spacial score (nSPS) is 13.8. The van der Waals surface area contributed by atoms with Crippen LogP contribution in [0.15, 0.2) is 53.4 Å². The summed E-state index contributed by atoms with van der Waals surface area (Å²) in [4.78, 5) is 13.2. The van der Waals surface area contributed by atoms with E-state index in [-0.39, 0.29) is 11.3 Å². The van der Waals surface area contributed by atoms with Gasteiger partial charge >= 0.3 is 0 Å². The van der Waals surface area contributed by atoms with E-state index >= 15 is 0 Å². The summed E-state index contributed by atoms with van der Waals surface area (Å²) in [5, 5.41) is 2.83. The zero-order chi connectivity index (χ0) is 23.4. The molecule has 0 spiro atoms. The second-order valence-corrected chi connectivity index (χ2v) is 11.1. The quantitative estimate of drug-likeness (QED) is 0.606. The van der Waals surface area contributed by atoms with Crippen LogP contribution in [-0.4, -0.2) is 48.4 Å². The Hall–Kier alpha value is -2.59. The highest BCUT2D eigenvalue weighted by Crippen LogP contribution is 2.26. The lowest BCUT2D eigenvalue weighted by atomic mass is 10.1. The van der Waals surface area contributed by atoms with Crippen LogP contribution < -0.4 is 14.4 Å². The van der Waals surface area contributed by atoms with Crippen molar-refractivity contribution in [2.75, 3.05) is 23.9 Å². The van der Waals surface area contributed by atoms with E-state index in [0.717, 1.165) is 16.8 Å². The maximum Gasteiger partial charge on any atom is 0.244 e. The number of amides is 1. The minimum atomic E-state index is -3.75. The molecule has 2 aromatic rings. The average molecular weight is 469 g/mol. The number of sulfone groups is 1. The zero-order valence-corrected chi connectivity index (χ0v) is 19.8. The molecule has 2 aromatic carbocycles. The van der Waals surface area contributed by atoms with Crippen molar-refractivity contribution in [3.05, 3.63) is 54.1 Å². The number of hydrogen-bond donors (Lipinski definition) is 1. The third-order valence-electron chi connectivity index (χ3n) is 4.82. The number of nitrogens with one attached hydrogen (secondary N) is 1. The summed E-state index contributed by atoms with van der Waals surface area (Å²) in [6.45, 7) is 3.48. The van der Waals surface area contributed by atoms with Crippen molar-refractivity contribution < 1.29 is 26.4 Å². The minimum absolute atomic E-state index is 0.184. The Morgan fingerprint density at radius 3 is 1.97 bits per heavy atom. The van der Waals surface area contributed by atoms with Crippen LogP contribution in [0, 0.1) is 0 Å². The van der Waals surface area contributed by atoms with Crippen LogP contribution in [0.3, 0.4) is 0 Å². The fourth-order valence-electron chi connectivity index (χ4n) is 3.19. The number of hydrogen-bond acceptors (Lipinski definition) is 6. The maximum absolute atomic E-state index is 13.0. The van der Waals surface area contributed by atoms with E-state index in [2.05, 4.69) is 5.32 Å². The van der Waals surface area contributed by atoms with Gasteiger partial charge in [0.25, 0.3) is 0 Å². The standard InChI is InChI=1S/C21H28N2O6S2/c1-6-20(23(31(5,27)28)17-9-11-18(29-3)12-10-17)21(24)22-15(2)16-7-13-19(14-8-16)30(4,25)26/h7-15,20H,6H2,1-5H3,(H,22,24)/t15-,20-/m1/s1. The van der Waals surface area contributed by atoms with Crippen LogP contribution in [-0.2, 0) is 24.7 Å². The molecule has 0 saturated carbocycles. The van der Waals surface area contributed by atoms with E-state index in [4.69, 9.17) is 4.74 Å². The van der Waals surface area contributed by atoms with Gasteiger partial charge in [-0.3, -0.25) is 9.10 Å². The lowest BCUT2D eigenvalue weighted by Crippen LogP contribution is -2.49. The summed E-state index contributed by atoms with van der Waals surface area (Å²) in [5.74, 6) is 0.115. The highest BCUT2D eigenvalue weighted by molar-refractivity contribution is 7.92. The van der Waals surface area contributed by atoms with Gasteiger partial charge in [0.2, 0.25) is 15.9 Å². The number of sulfonamides is 1. The number of benzene rings is 2. The van der Waals surface area contributed by atoms with Crippen LogP contribution in [0.25, 0.3) is 0 Å². The number of carbonyl (C=O) groups is 1. The number of anilines is 1. The van der Waals surface area contributed by atoms with Gasteiger partial charge in [-0.1, -0.05) is 19.1 Å². The van der Waals surface area contributed by atoms with Crippen molar-refractivity contribution in [3.8, 4) is 5.75 Å². The fraction of sp³-hybridized carbons (Fsp3) is 0.381. The molecule has 8 nitrogen and oxygen atoms in total. The molecule has 0 unspecified atom stereocenters. The van der Waals surface area contributed by atoms with Crippen molar-refractivity contribution in [1.29, 1.82) is 0 Å². The summed E-state index contributed by atoms with van der Waals surface area (Å²) in [5.41, 5.74) is 1.06. The molecule has 1 amide bonds. The number of rotatable bonds is 9. The molecule has 0 aliphatic heterocycles. The van der Waals surface area contributed by atoms with Crippen LogP contribution in [0.4, 0.5) is 5.69 Å². The largest absolute Gasteiger partial charge is 0.497 e. The lowest BCUT2D eigenvalue weighted by molar-refractivity contribution is -0.122. The van der Waals surface area contributed by atoms with Crippen molar-refractivity contribution in [3.63, 3.8) is 0 Å². The number of ether oxygens (including phenoxy) is 1. The van der Waals surface area contributed by atoms with E-state index < -0.39 is 37.9 Å². The first-order chi connectivity index (χ1) is 14.4. The Kier molecular flexibility index (Phi) is 7.72. The maximum atomic E-state index is 13.0. The summed E-state index contributed by atoms with van der Waals surface area (Å²) in [6, 6.07) is 11.2. The highest BCUT2D eigenvalue weighted by atomic mass is 32.2. The molecular weight excluding hydrogens is 440 g/mol. The first-order valence-electron chi connectivity index (χ1n) is 9.62. The smallest absolute Gasteiger partial charge is 0.244 e. The van der Waals surface area contributed by atoms with Crippen molar-refractivity contribution in [1.82, 2.24) is 5.32 Å². The molecule has 31 heavy (non-hydrogen) atoms. The van der Waals surface area contributed by atoms with Gasteiger partial charge in [0.1, 0.15) is 11.8 Å². The molecule has 0 aromatic heterocycles. The molecule has 0 bridgehead atoms. The Morgan fingerprint density at radius 1 is 1.00 bits per heavy atom. The Labute approximate surface area is 184 Å². The molecule has 0 aliphatic rings. The summed E-state index contributed by atoms with van der Waals surface area (Å²) in [6.07, 6.45) is 2.43. The topological polar surface area (TPSA) is 110 Å². The van der Waals surface area contributed by atoms with Gasteiger partial charge in [-0.15, -0.1) is 0 Å². The monoisotopic (exact) mass is 468 g/mol. The SMILES string of the molecule is CC[C@H](C(=O)N[C@H](C)c1ccc(S(C)(=O)=O)cc1)N(c1ccc(OC)cc1)S(C)(=O)=O. The molecule has 2 rings (SSSR count). The second kappa shape index (κ2) is 9.69. The fourth-order valence-corrected chi connectivity index (χ4v) is 5.03. The second-order valence-electron chi connectivity index (χ2n) is 7.25. The molecule has 2 atom stereocenters. The zero-order valence-electron chi connectivity index (χ0n) is 18.2. The Bertz CT molecular complexity index is 1110. The first kappa shape index (κ1) is 24.7. The predicted molar refractivity (Wildman–Crippen MR) is 121 cm³/mol. The van der Waals surface area contributed by atoms with E-state index in [1.165, 1.54) is 19.2 Å². The molecule has 10 heteroatoms. The number of methoxy groups -OCH3 is 1. The van der Waals surface area contributed by atoms with Gasteiger partial charge in [0.05, 0.1) is 30.0 Å². The third-order valence-corrected chi connectivity index (χ3v) is 7.13. The molecule has 0 aliphatic carbocycles. The van der Waals surface area contributed by atoms with Gasteiger partial charge in [-0.2, -0.15) is 0 Å². The van der Waals surface area contributed by atoms with E-state index in [9.17, 15) is 21.6 Å².